The van der Waals surface area contributed by atoms with Crippen molar-refractivity contribution in [2.75, 3.05) is 26.4 Å². The van der Waals surface area contributed by atoms with Crippen LogP contribution in [0, 0.1) is 5.92 Å². The number of nitrogens with one attached hydrogen (secondary N) is 1. The van der Waals surface area contributed by atoms with Gasteiger partial charge in [-0.1, -0.05) is 6.92 Å². The van der Waals surface area contributed by atoms with Gasteiger partial charge in [-0.15, -0.1) is 0 Å². The Morgan fingerprint density at radius 2 is 2.19 bits per heavy atom. The van der Waals surface area contributed by atoms with Crippen molar-refractivity contribution in [3.63, 3.8) is 0 Å². The van der Waals surface area contributed by atoms with Gasteiger partial charge in [0.15, 0.2) is 0 Å². The fourth-order valence-electron chi connectivity index (χ4n) is 2.77. The molecule has 0 amide bonds. The second-order valence-electron chi connectivity index (χ2n) is 5.04. The van der Waals surface area contributed by atoms with Crippen molar-refractivity contribution in [3.05, 3.63) is 0 Å². The number of ether oxygens (including phenoxy) is 2. The summed E-state index contributed by atoms with van der Waals surface area (Å²) in [5.74, 6) is 0.716. The third-order valence-electron chi connectivity index (χ3n) is 3.86. The molecule has 0 aromatic carbocycles. The van der Waals surface area contributed by atoms with Crippen LogP contribution in [0.5, 0.6) is 0 Å². The molecule has 94 valence electrons. The van der Waals surface area contributed by atoms with E-state index < -0.39 is 0 Å². The largest absolute Gasteiger partial charge is 0.381 e. The molecule has 3 unspecified atom stereocenters. The average molecular weight is 227 g/mol. The van der Waals surface area contributed by atoms with Crippen LogP contribution < -0.4 is 5.32 Å². The molecule has 2 rings (SSSR count). The Bertz CT molecular complexity index is 186. The minimum atomic E-state index is 0.449. The van der Waals surface area contributed by atoms with E-state index in [2.05, 4.69) is 12.2 Å². The lowest BCUT2D eigenvalue weighted by Gasteiger charge is -2.27. The normalized spacial score (nSPS) is 32.8. The fourth-order valence-corrected chi connectivity index (χ4v) is 2.77. The summed E-state index contributed by atoms with van der Waals surface area (Å²) in [6.07, 6.45) is 6.66. The molecule has 2 aliphatic heterocycles. The quantitative estimate of drug-likeness (QED) is 0.779. The van der Waals surface area contributed by atoms with Gasteiger partial charge in [-0.25, -0.2) is 0 Å². The summed E-state index contributed by atoms with van der Waals surface area (Å²) < 4.78 is 11.2. The summed E-state index contributed by atoms with van der Waals surface area (Å²) >= 11 is 0. The smallest absolute Gasteiger partial charge is 0.0699 e. The van der Waals surface area contributed by atoms with Crippen LogP contribution in [0.3, 0.4) is 0 Å². The molecule has 0 spiro atoms. The van der Waals surface area contributed by atoms with Gasteiger partial charge < -0.3 is 14.8 Å². The van der Waals surface area contributed by atoms with Gasteiger partial charge in [0.25, 0.3) is 0 Å². The maximum Gasteiger partial charge on any atom is 0.0699 e. The zero-order chi connectivity index (χ0) is 11.2. The Hall–Kier alpha value is -0.120. The first-order valence-electron chi connectivity index (χ1n) is 6.83. The molecule has 0 aliphatic carbocycles. The van der Waals surface area contributed by atoms with E-state index in [1.54, 1.807) is 0 Å². The van der Waals surface area contributed by atoms with Crippen molar-refractivity contribution in [3.8, 4) is 0 Å². The van der Waals surface area contributed by atoms with Crippen LogP contribution in [0.4, 0.5) is 0 Å². The maximum absolute atomic E-state index is 5.74. The number of rotatable bonds is 5. The molecule has 2 heterocycles. The standard InChI is InChI=1S/C13H25NO2/c1-2-13(11-6-8-15-10-11)14-9-12-5-3-4-7-16-12/h11-14H,2-10H2,1H3. The van der Waals surface area contributed by atoms with Crippen molar-refractivity contribution in [2.24, 2.45) is 5.92 Å². The Kier molecular flexibility index (Phi) is 5.07. The van der Waals surface area contributed by atoms with E-state index in [9.17, 15) is 0 Å². The SMILES string of the molecule is CCC(NCC1CCCCO1)C1CCOC1. The molecule has 3 atom stereocenters. The van der Waals surface area contributed by atoms with Gasteiger partial charge in [-0.05, 0) is 38.0 Å². The van der Waals surface area contributed by atoms with Gasteiger partial charge in [-0.3, -0.25) is 0 Å². The van der Waals surface area contributed by atoms with Crippen molar-refractivity contribution in [1.82, 2.24) is 5.32 Å². The lowest BCUT2D eigenvalue weighted by atomic mass is 9.96. The zero-order valence-electron chi connectivity index (χ0n) is 10.4. The molecule has 0 aromatic rings. The Morgan fingerprint density at radius 3 is 2.81 bits per heavy atom. The third kappa shape index (κ3) is 3.44. The van der Waals surface area contributed by atoms with Crippen LogP contribution >= 0.6 is 0 Å². The molecule has 3 nitrogen and oxygen atoms in total. The van der Waals surface area contributed by atoms with Crippen LogP contribution in [0.25, 0.3) is 0 Å². The molecule has 0 aromatic heterocycles. The summed E-state index contributed by atoms with van der Waals surface area (Å²) in [6, 6.07) is 0.619. The third-order valence-corrected chi connectivity index (χ3v) is 3.86. The van der Waals surface area contributed by atoms with Gasteiger partial charge in [-0.2, -0.15) is 0 Å². The Balaban J connectivity index is 1.69. The summed E-state index contributed by atoms with van der Waals surface area (Å²) in [6.45, 7) is 6.13. The van der Waals surface area contributed by atoms with Crippen molar-refractivity contribution < 1.29 is 9.47 Å². The van der Waals surface area contributed by atoms with E-state index >= 15 is 0 Å². The minimum absolute atomic E-state index is 0.449. The average Bonchev–Trinajstić information content (AvgIpc) is 2.85. The van der Waals surface area contributed by atoms with E-state index in [0.29, 0.717) is 18.1 Å². The predicted molar refractivity (Wildman–Crippen MR) is 64.6 cm³/mol. The van der Waals surface area contributed by atoms with E-state index in [0.717, 1.165) is 26.4 Å². The first-order chi connectivity index (χ1) is 7.90. The first kappa shape index (κ1) is 12.3. The zero-order valence-corrected chi connectivity index (χ0v) is 10.4. The van der Waals surface area contributed by atoms with Gasteiger partial charge in [0.2, 0.25) is 0 Å². The maximum atomic E-state index is 5.74. The first-order valence-corrected chi connectivity index (χ1v) is 6.83. The lowest BCUT2D eigenvalue weighted by molar-refractivity contribution is 0.0139. The van der Waals surface area contributed by atoms with E-state index in [1.165, 1.54) is 32.1 Å². The van der Waals surface area contributed by atoms with Gasteiger partial charge >= 0.3 is 0 Å². The van der Waals surface area contributed by atoms with Crippen LogP contribution in [0.2, 0.25) is 0 Å². The van der Waals surface area contributed by atoms with Gasteiger partial charge in [0, 0.05) is 25.8 Å². The number of hydrogen-bond donors (Lipinski definition) is 1. The topological polar surface area (TPSA) is 30.5 Å². The molecule has 2 aliphatic rings. The van der Waals surface area contributed by atoms with Crippen molar-refractivity contribution >= 4 is 0 Å². The van der Waals surface area contributed by atoms with Crippen molar-refractivity contribution in [1.29, 1.82) is 0 Å². The molecule has 16 heavy (non-hydrogen) atoms. The van der Waals surface area contributed by atoms with E-state index in [-0.39, 0.29) is 0 Å². The molecule has 0 bridgehead atoms. The molecule has 0 saturated carbocycles. The summed E-state index contributed by atoms with van der Waals surface area (Å²) in [7, 11) is 0. The highest BCUT2D eigenvalue weighted by Gasteiger charge is 2.25. The predicted octanol–water partition coefficient (Wildman–Crippen LogP) is 1.96. The highest BCUT2D eigenvalue weighted by Crippen LogP contribution is 2.19. The fraction of sp³-hybridized carbons (Fsp3) is 1.00. The van der Waals surface area contributed by atoms with Gasteiger partial charge in [0.1, 0.15) is 0 Å². The van der Waals surface area contributed by atoms with Crippen LogP contribution in [-0.4, -0.2) is 38.5 Å². The minimum Gasteiger partial charge on any atom is -0.381 e. The second kappa shape index (κ2) is 6.58. The molecule has 1 N–H and O–H groups in total. The monoisotopic (exact) mass is 227 g/mol. The van der Waals surface area contributed by atoms with E-state index in [4.69, 9.17) is 9.47 Å². The Labute approximate surface area is 98.9 Å². The molecule has 2 fully saturated rings. The lowest BCUT2D eigenvalue weighted by Crippen LogP contribution is -2.42. The van der Waals surface area contributed by atoms with Crippen LogP contribution in [0.1, 0.15) is 39.0 Å². The molecular formula is C13H25NO2. The van der Waals surface area contributed by atoms with Crippen LogP contribution in [-0.2, 0) is 9.47 Å². The molecule has 3 heteroatoms. The molecular weight excluding hydrogens is 202 g/mol. The van der Waals surface area contributed by atoms with E-state index in [1.807, 2.05) is 0 Å². The molecule has 2 saturated heterocycles. The van der Waals surface area contributed by atoms with Crippen molar-refractivity contribution in [2.45, 2.75) is 51.2 Å². The second-order valence-corrected chi connectivity index (χ2v) is 5.04. The van der Waals surface area contributed by atoms with Crippen LogP contribution in [0.15, 0.2) is 0 Å². The summed E-state index contributed by atoms with van der Waals surface area (Å²) in [4.78, 5) is 0. The Morgan fingerprint density at radius 1 is 1.25 bits per heavy atom. The molecule has 0 radical (unpaired) electrons. The highest BCUT2D eigenvalue weighted by molar-refractivity contribution is 4.80. The highest BCUT2D eigenvalue weighted by atomic mass is 16.5. The summed E-state index contributed by atoms with van der Waals surface area (Å²) in [5, 5.41) is 3.68. The number of hydrogen-bond acceptors (Lipinski definition) is 3. The van der Waals surface area contributed by atoms with Gasteiger partial charge in [0.05, 0.1) is 12.7 Å². The summed E-state index contributed by atoms with van der Waals surface area (Å²) in [5.41, 5.74) is 0.